The lowest BCUT2D eigenvalue weighted by Gasteiger charge is -2.33. The van der Waals surface area contributed by atoms with Crippen LogP contribution in [0.15, 0.2) is 33.0 Å². The average Bonchev–Trinajstić information content (AvgIpc) is 3.46. The molecule has 0 aromatic heterocycles. The number of hydrogen-bond donors (Lipinski definition) is 2. The molecule has 4 heterocycles. The van der Waals surface area contributed by atoms with Crippen LogP contribution >= 0.6 is 27.7 Å². The topological polar surface area (TPSA) is 129 Å². The molecule has 1 aromatic carbocycles. The lowest BCUT2D eigenvalue weighted by atomic mass is 9.93. The molecule has 180 valence electrons. The zero-order valence-corrected chi connectivity index (χ0v) is 21.0. The van der Waals surface area contributed by atoms with Gasteiger partial charge in [0.05, 0.1) is 6.33 Å². The van der Waals surface area contributed by atoms with Gasteiger partial charge in [0.15, 0.2) is 34.0 Å². The minimum absolute atomic E-state index is 0.191. The molecule has 1 amide bonds. The van der Waals surface area contributed by atoms with Gasteiger partial charge >= 0.3 is 0 Å². The Morgan fingerprint density at radius 1 is 1.29 bits per heavy atom. The van der Waals surface area contributed by atoms with E-state index in [0.717, 1.165) is 35.2 Å². The number of aliphatic hydroxyl groups is 1. The monoisotopic (exact) mass is 548 g/mol. The van der Waals surface area contributed by atoms with Gasteiger partial charge in [-0.25, -0.2) is 15.0 Å². The zero-order valence-electron chi connectivity index (χ0n) is 18.6. The van der Waals surface area contributed by atoms with Crippen LogP contribution in [0.5, 0.6) is 11.5 Å². The van der Waals surface area contributed by atoms with Gasteiger partial charge in [0.2, 0.25) is 6.79 Å². The van der Waals surface area contributed by atoms with E-state index in [9.17, 15) is 9.90 Å². The number of anilines is 1. The second-order valence-corrected chi connectivity index (χ2v) is 10.3. The summed E-state index contributed by atoms with van der Waals surface area (Å²) in [5.74, 6) is 2.74. The Labute approximate surface area is 209 Å². The van der Waals surface area contributed by atoms with E-state index in [-0.39, 0.29) is 12.7 Å². The molecule has 12 heteroatoms. The summed E-state index contributed by atoms with van der Waals surface area (Å²) in [6.45, 7) is 3.81. The molecular formula is C22H25BrN6O4S. The van der Waals surface area contributed by atoms with Gasteiger partial charge in [0.25, 0.3) is 5.91 Å². The quantitative estimate of drug-likeness (QED) is 0.477. The number of amides is 1. The second kappa shape index (κ2) is 9.59. The van der Waals surface area contributed by atoms with Gasteiger partial charge in [-0.2, -0.15) is 0 Å². The Hall–Kier alpha value is -2.57. The Bertz CT molecular complexity index is 1180. The molecule has 1 atom stereocenters. The number of likely N-dealkylation sites (tertiary alicyclic amines) is 1. The van der Waals surface area contributed by atoms with Crippen molar-refractivity contribution in [1.29, 1.82) is 0 Å². The number of aliphatic hydroxyl groups excluding tert-OH is 1. The van der Waals surface area contributed by atoms with Crippen LogP contribution in [0, 0.1) is 5.92 Å². The SMILES string of the molecule is CC(O)C(=O)N1CCC(CCn2cnc(N)c3nc(Sc4cc5c(cc4Br)OCO5)nc2-3)CC1. The molecule has 5 rings (SSSR count). The Morgan fingerprint density at radius 3 is 2.76 bits per heavy atom. The van der Waals surface area contributed by atoms with E-state index < -0.39 is 6.10 Å². The number of nitrogens with two attached hydrogens (primary N) is 1. The molecule has 3 N–H and O–H groups in total. The summed E-state index contributed by atoms with van der Waals surface area (Å²) in [6.07, 6.45) is 3.53. The van der Waals surface area contributed by atoms with Crippen LogP contribution in [0.2, 0.25) is 0 Å². The molecule has 0 radical (unpaired) electrons. The van der Waals surface area contributed by atoms with Crippen molar-refractivity contribution < 1.29 is 19.4 Å². The highest BCUT2D eigenvalue weighted by Gasteiger charge is 2.26. The van der Waals surface area contributed by atoms with Gasteiger partial charge in [0.1, 0.15) is 6.10 Å². The summed E-state index contributed by atoms with van der Waals surface area (Å²) in [6, 6.07) is 3.78. The minimum Gasteiger partial charge on any atom is -0.454 e. The van der Waals surface area contributed by atoms with E-state index in [2.05, 4.69) is 25.9 Å². The lowest BCUT2D eigenvalue weighted by Crippen LogP contribution is -2.43. The number of benzene rings is 1. The highest BCUT2D eigenvalue weighted by molar-refractivity contribution is 9.10. The number of carbonyl (C=O) groups excluding carboxylic acids is 1. The molecule has 34 heavy (non-hydrogen) atoms. The number of piperidine rings is 1. The summed E-state index contributed by atoms with van der Waals surface area (Å²) in [4.78, 5) is 28.3. The summed E-state index contributed by atoms with van der Waals surface area (Å²) in [5, 5.41) is 10.1. The second-order valence-electron chi connectivity index (χ2n) is 8.47. The van der Waals surface area contributed by atoms with Crippen molar-refractivity contribution in [1.82, 2.24) is 24.4 Å². The van der Waals surface area contributed by atoms with Crippen LogP contribution in [0.4, 0.5) is 5.82 Å². The molecule has 0 spiro atoms. The molecule has 1 saturated heterocycles. The summed E-state index contributed by atoms with van der Waals surface area (Å²) in [7, 11) is 0. The first kappa shape index (κ1) is 23.2. The van der Waals surface area contributed by atoms with Crippen molar-refractivity contribution in [2.45, 2.75) is 48.9 Å². The first-order valence-corrected chi connectivity index (χ1v) is 12.7. The summed E-state index contributed by atoms with van der Waals surface area (Å²) >= 11 is 4.99. The highest BCUT2D eigenvalue weighted by atomic mass is 79.9. The van der Waals surface area contributed by atoms with E-state index in [4.69, 9.17) is 20.2 Å². The normalized spacial score (nSPS) is 16.9. The Kier molecular flexibility index (Phi) is 6.54. The van der Waals surface area contributed by atoms with Crippen molar-refractivity contribution in [2.24, 2.45) is 5.92 Å². The highest BCUT2D eigenvalue weighted by Crippen LogP contribution is 2.43. The number of carbonyl (C=O) groups is 1. The zero-order chi connectivity index (χ0) is 23.8. The molecule has 0 aliphatic carbocycles. The number of hydrogen-bond acceptors (Lipinski definition) is 9. The summed E-state index contributed by atoms with van der Waals surface area (Å²) in [5.41, 5.74) is 6.69. The maximum absolute atomic E-state index is 12.0. The van der Waals surface area contributed by atoms with Crippen LogP contribution in [0.1, 0.15) is 26.2 Å². The number of halogens is 1. The number of imidazole rings is 1. The number of nitrogens with zero attached hydrogens (tertiary/aromatic N) is 5. The minimum atomic E-state index is -0.942. The van der Waals surface area contributed by atoms with E-state index in [1.807, 2.05) is 16.7 Å². The number of ether oxygens (including phenoxy) is 2. The molecule has 0 saturated carbocycles. The maximum Gasteiger partial charge on any atom is 0.251 e. The number of aryl methyl sites for hydroxylation is 1. The predicted molar refractivity (Wildman–Crippen MR) is 129 cm³/mol. The number of nitrogen functional groups attached to an aromatic ring is 1. The van der Waals surface area contributed by atoms with E-state index >= 15 is 0 Å². The van der Waals surface area contributed by atoms with Crippen molar-refractivity contribution in [2.75, 3.05) is 25.6 Å². The van der Waals surface area contributed by atoms with Crippen molar-refractivity contribution >= 4 is 39.4 Å². The average molecular weight is 549 g/mol. The standard InChI is InChI=1S/C22H25BrN6O4S/c1-12(30)21(31)28-5-2-13(3-6-28)4-7-29-10-25-19(24)18-20(29)27-22(26-18)34-17-9-16-15(8-14(17)23)32-11-33-16/h8-10,12-13,30H,2-7,11,24H2,1H3. The molecule has 1 fully saturated rings. The van der Waals surface area contributed by atoms with Gasteiger partial charge in [-0.3, -0.25) is 4.79 Å². The molecule has 0 bridgehead atoms. The first-order chi connectivity index (χ1) is 16.4. The van der Waals surface area contributed by atoms with Gasteiger partial charge < -0.3 is 29.8 Å². The van der Waals surface area contributed by atoms with E-state index in [0.29, 0.717) is 53.0 Å². The molecule has 1 aromatic rings. The predicted octanol–water partition coefficient (Wildman–Crippen LogP) is 3.01. The third kappa shape index (κ3) is 4.66. The smallest absolute Gasteiger partial charge is 0.251 e. The number of fused-ring (bicyclic) bond motifs is 2. The fraction of sp³-hybridized carbons (Fsp3) is 0.455. The Balaban J connectivity index is 1.28. The number of aromatic nitrogens is 4. The fourth-order valence-electron chi connectivity index (χ4n) is 4.25. The molecule has 4 aliphatic rings. The van der Waals surface area contributed by atoms with Gasteiger partial charge in [0, 0.05) is 29.0 Å². The molecule has 4 aliphatic heterocycles. The van der Waals surface area contributed by atoms with Gasteiger partial charge in [-0.15, -0.1) is 0 Å². The van der Waals surface area contributed by atoms with Crippen LogP contribution in [-0.4, -0.2) is 61.4 Å². The van der Waals surface area contributed by atoms with Gasteiger partial charge in [-0.1, -0.05) is 0 Å². The van der Waals surface area contributed by atoms with Crippen LogP contribution in [0.25, 0.3) is 11.5 Å². The lowest BCUT2D eigenvalue weighted by molar-refractivity contribution is -0.140. The largest absolute Gasteiger partial charge is 0.454 e. The third-order valence-electron chi connectivity index (χ3n) is 6.16. The molecule has 1 unspecified atom stereocenters. The Morgan fingerprint density at radius 2 is 2.03 bits per heavy atom. The van der Waals surface area contributed by atoms with Crippen molar-refractivity contribution in [3.8, 4) is 23.0 Å². The fourth-order valence-corrected chi connectivity index (χ4v) is 5.60. The van der Waals surface area contributed by atoms with Crippen molar-refractivity contribution in [3.63, 3.8) is 0 Å². The van der Waals surface area contributed by atoms with E-state index in [1.54, 1.807) is 11.2 Å². The maximum atomic E-state index is 12.0. The van der Waals surface area contributed by atoms with Crippen LogP contribution < -0.4 is 15.2 Å². The summed E-state index contributed by atoms with van der Waals surface area (Å²) < 4.78 is 13.8. The van der Waals surface area contributed by atoms with Crippen molar-refractivity contribution in [3.05, 3.63) is 22.9 Å². The molecular weight excluding hydrogens is 524 g/mol. The third-order valence-corrected chi connectivity index (χ3v) is 8.00. The van der Waals surface area contributed by atoms with Gasteiger partial charge in [-0.05, 0) is 71.9 Å². The number of rotatable bonds is 6. The van der Waals surface area contributed by atoms with Crippen LogP contribution in [0.3, 0.4) is 0 Å². The van der Waals surface area contributed by atoms with Crippen LogP contribution in [-0.2, 0) is 11.3 Å². The van der Waals surface area contributed by atoms with E-state index in [1.165, 1.54) is 18.7 Å². The first-order valence-electron chi connectivity index (χ1n) is 11.1. The molecule has 10 nitrogen and oxygen atoms in total.